The van der Waals surface area contributed by atoms with Gasteiger partial charge < -0.3 is 20.3 Å². The van der Waals surface area contributed by atoms with E-state index in [0.717, 1.165) is 48.8 Å². The molecule has 1 heterocycles. The second-order valence-electron chi connectivity index (χ2n) is 7.41. The molecule has 4 rings (SSSR count). The number of morpholine rings is 1. The van der Waals surface area contributed by atoms with Crippen LogP contribution >= 0.6 is 0 Å². The third kappa shape index (κ3) is 4.81. The zero-order valence-electron chi connectivity index (χ0n) is 17.2. The van der Waals surface area contributed by atoms with E-state index in [1.54, 1.807) is 0 Å². The second-order valence-corrected chi connectivity index (χ2v) is 7.41. The van der Waals surface area contributed by atoms with Crippen LogP contribution < -0.4 is 15.5 Å². The van der Waals surface area contributed by atoms with Crippen molar-refractivity contribution in [3.05, 3.63) is 78.9 Å². The predicted molar refractivity (Wildman–Crippen MR) is 123 cm³/mol. The summed E-state index contributed by atoms with van der Waals surface area (Å²) in [5.41, 5.74) is 5.00. The number of ether oxygens (including phenoxy) is 1. The molecule has 1 aliphatic rings. The van der Waals surface area contributed by atoms with E-state index in [1.807, 2.05) is 73.7 Å². The van der Waals surface area contributed by atoms with Crippen LogP contribution in [-0.4, -0.2) is 38.3 Å². The van der Waals surface area contributed by atoms with Gasteiger partial charge in [-0.25, -0.2) is 0 Å². The highest BCUT2D eigenvalue weighted by Gasteiger charge is 2.16. The smallest absolute Gasteiger partial charge is 0.246 e. The predicted octanol–water partition coefficient (Wildman–Crippen LogP) is 4.63. The Morgan fingerprint density at radius 3 is 2.30 bits per heavy atom. The number of anilines is 3. The monoisotopic (exact) mass is 401 g/mol. The molecule has 1 atom stereocenters. The normalized spacial score (nSPS) is 14.8. The van der Waals surface area contributed by atoms with Crippen molar-refractivity contribution >= 4 is 23.0 Å². The molecule has 154 valence electrons. The van der Waals surface area contributed by atoms with Crippen LogP contribution in [0.5, 0.6) is 0 Å². The maximum atomic E-state index is 12.8. The molecular weight excluding hydrogens is 374 g/mol. The van der Waals surface area contributed by atoms with Gasteiger partial charge in [0.05, 0.1) is 13.2 Å². The summed E-state index contributed by atoms with van der Waals surface area (Å²) in [5.74, 6) is -0.0735. The summed E-state index contributed by atoms with van der Waals surface area (Å²) in [6.07, 6.45) is 0. The molecule has 1 aliphatic heterocycles. The third-order valence-electron chi connectivity index (χ3n) is 5.29. The van der Waals surface area contributed by atoms with Crippen molar-refractivity contribution in [2.24, 2.45) is 0 Å². The molecule has 1 saturated heterocycles. The molecule has 0 aromatic heterocycles. The van der Waals surface area contributed by atoms with E-state index >= 15 is 0 Å². The Morgan fingerprint density at radius 1 is 0.900 bits per heavy atom. The summed E-state index contributed by atoms with van der Waals surface area (Å²) in [5, 5.41) is 6.36. The van der Waals surface area contributed by atoms with Gasteiger partial charge in [0.1, 0.15) is 6.04 Å². The standard InChI is InChI=1S/C25H27N3O2/c1-19(26-21-11-13-22(14-12-21)28-15-17-30-18-16-28)25(29)27-24-10-6-5-9-23(24)20-7-3-2-4-8-20/h2-14,19,26H,15-18H2,1H3,(H,27,29)/t19-/m1/s1. The Morgan fingerprint density at radius 2 is 1.57 bits per heavy atom. The average Bonchev–Trinajstić information content (AvgIpc) is 2.81. The Hall–Kier alpha value is -3.31. The first kappa shape index (κ1) is 20.0. The number of amides is 1. The SMILES string of the molecule is C[C@@H](Nc1ccc(N2CCOCC2)cc1)C(=O)Nc1ccccc1-c1ccccc1. The molecule has 2 N–H and O–H groups in total. The van der Waals surface area contributed by atoms with Crippen LogP contribution in [-0.2, 0) is 9.53 Å². The number of para-hydroxylation sites is 1. The van der Waals surface area contributed by atoms with Gasteiger partial charge in [-0.05, 0) is 42.8 Å². The van der Waals surface area contributed by atoms with Crippen molar-refractivity contribution in [1.82, 2.24) is 0 Å². The van der Waals surface area contributed by atoms with Crippen LogP contribution in [0.25, 0.3) is 11.1 Å². The molecule has 1 fully saturated rings. The van der Waals surface area contributed by atoms with Gasteiger partial charge in [0.2, 0.25) is 5.91 Å². The van der Waals surface area contributed by atoms with Gasteiger partial charge in [-0.2, -0.15) is 0 Å². The summed E-state index contributed by atoms with van der Waals surface area (Å²) in [7, 11) is 0. The number of benzene rings is 3. The summed E-state index contributed by atoms with van der Waals surface area (Å²) >= 11 is 0. The van der Waals surface area contributed by atoms with Crippen LogP contribution in [0, 0.1) is 0 Å². The minimum atomic E-state index is -0.372. The number of carbonyl (C=O) groups is 1. The van der Waals surface area contributed by atoms with Crippen LogP contribution in [0.4, 0.5) is 17.1 Å². The molecular formula is C25H27N3O2. The summed E-state index contributed by atoms with van der Waals surface area (Å²) in [6, 6.07) is 25.8. The highest BCUT2D eigenvalue weighted by Crippen LogP contribution is 2.28. The number of hydrogen-bond donors (Lipinski definition) is 2. The molecule has 5 nitrogen and oxygen atoms in total. The first-order valence-corrected chi connectivity index (χ1v) is 10.4. The second kappa shape index (κ2) is 9.46. The maximum Gasteiger partial charge on any atom is 0.246 e. The topological polar surface area (TPSA) is 53.6 Å². The van der Waals surface area contributed by atoms with E-state index in [-0.39, 0.29) is 11.9 Å². The summed E-state index contributed by atoms with van der Waals surface area (Å²) in [6.45, 7) is 5.22. The number of rotatable bonds is 6. The molecule has 0 saturated carbocycles. The summed E-state index contributed by atoms with van der Waals surface area (Å²) in [4.78, 5) is 15.1. The van der Waals surface area contributed by atoms with Crippen LogP contribution in [0.2, 0.25) is 0 Å². The van der Waals surface area contributed by atoms with Gasteiger partial charge in [0, 0.05) is 35.7 Å². The molecule has 0 spiro atoms. The van der Waals surface area contributed by atoms with E-state index in [1.165, 1.54) is 5.69 Å². The first-order chi connectivity index (χ1) is 14.7. The quantitative estimate of drug-likeness (QED) is 0.632. The van der Waals surface area contributed by atoms with Gasteiger partial charge in [0.25, 0.3) is 0 Å². The lowest BCUT2D eigenvalue weighted by atomic mass is 10.0. The fraction of sp³-hybridized carbons (Fsp3) is 0.240. The largest absolute Gasteiger partial charge is 0.378 e. The van der Waals surface area contributed by atoms with E-state index in [9.17, 15) is 4.79 Å². The molecule has 3 aromatic carbocycles. The average molecular weight is 402 g/mol. The van der Waals surface area contributed by atoms with Crippen molar-refractivity contribution in [2.75, 3.05) is 41.8 Å². The molecule has 3 aromatic rings. The maximum absolute atomic E-state index is 12.8. The third-order valence-corrected chi connectivity index (χ3v) is 5.29. The van der Waals surface area contributed by atoms with Crippen LogP contribution in [0.3, 0.4) is 0 Å². The highest BCUT2D eigenvalue weighted by molar-refractivity contribution is 5.99. The van der Waals surface area contributed by atoms with Crippen molar-refractivity contribution in [2.45, 2.75) is 13.0 Å². The Labute approximate surface area is 177 Å². The van der Waals surface area contributed by atoms with E-state index < -0.39 is 0 Å². The van der Waals surface area contributed by atoms with Crippen molar-refractivity contribution < 1.29 is 9.53 Å². The summed E-state index contributed by atoms with van der Waals surface area (Å²) < 4.78 is 5.41. The van der Waals surface area contributed by atoms with Crippen molar-refractivity contribution in [3.63, 3.8) is 0 Å². The van der Waals surface area contributed by atoms with Crippen LogP contribution in [0.15, 0.2) is 78.9 Å². The Bertz CT molecular complexity index is 967. The number of nitrogens with one attached hydrogen (secondary N) is 2. The zero-order chi connectivity index (χ0) is 20.8. The van der Waals surface area contributed by atoms with Gasteiger partial charge >= 0.3 is 0 Å². The molecule has 5 heteroatoms. The van der Waals surface area contributed by atoms with Gasteiger partial charge in [-0.1, -0.05) is 48.5 Å². The van der Waals surface area contributed by atoms with Gasteiger partial charge in [-0.15, -0.1) is 0 Å². The van der Waals surface area contributed by atoms with Crippen molar-refractivity contribution in [1.29, 1.82) is 0 Å². The molecule has 0 radical (unpaired) electrons. The molecule has 30 heavy (non-hydrogen) atoms. The lowest BCUT2D eigenvalue weighted by Crippen LogP contribution is -2.36. The Kier molecular flexibility index (Phi) is 6.30. The van der Waals surface area contributed by atoms with Gasteiger partial charge in [-0.3, -0.25) is 4.79 Å². The number of nitrogens with zero attached hydrogens (tertiary/aromatic N) is 1. The highest BCUT2D eigenvalue weighted by atomic mass is 16.5. The van der Waals surface area contributed by atoms with Gasteiger partial charge in [0.15, 0.2) is 0 Å². The fourth-order valence-corrected chi connectivity index (χ4v) is 3.61. The van der Waals surface area contributed by atoms with Crippen LogP contribution in [0.1, 0.15) is 6.92 Å². The lowest BCUT2D eigenvalue weighted by molar-refractivity contribution is -0.116. The zero-order valence-corrected chi connectivity index (χ0v) is 17.2. The molecule has 0 unspecified atom stereocenters. The Balaban J connectivity index is 1.40. The van der Waals surface area contributed by atoms with E-state index in [4.69, 9.17) is 4.74 Å². The molecule has 1 amide bonds. The lowest BCUT2D eigenvalue weighted by Gasteiger charge is -2.29. The molecule has 0 aliphatic carbocycles. The first-order valence-electron chi connectivity index (χ1n) is 10.4. The van der Waals surface area contributed by atoms with E-state index in [0.29, 0.717) is 0 Å². The van der Waals surface area contributed by atoms with Crippen molar-refractivity contribution in [3.8, 4) is 11.1 Å². The number of hydrogen-bond acceptors (Lipinski definition) is 4. The molecule has 0 bridgehead atoms. The minimum Gasteiger partial charge on any atom is -0.378 e. The fourth-order valence-electron chi connectivity index (χ4n) is 3.61. The van der Waals surface area contributed by atoms with E-state index in [2.05, 4.69) is 27.7 Å². The number of carbonyl (C=O) groups excluding carboxylic acids is 1. The minimum absolute atomic E-state index is 0.0735.